The monoisotopic (exact) mass is 262 g/mol. The van der Waals surface area contributed by atoms with Crippen LogP contribution < -0.4 is 5.32 Å². The molecule has 1 heterocycles. The van der Waals surface area contributed by atoms with Gasteiger partial charge in [0.05, 0.1) is 0 Å². The van der Waals surface area contributed by atoms with Crippen LogP contribution in [0.4, 0.5) is 4.79 Å². The molecule has 1 aromatic carbocycles. The summed E-state index contributed by atoms with van der Waals surface area (Å²) < 4.78 is 0. The van der Waals surface area contributed by atoms with Gasteiger partial charge in [-0.1, -0.05) is 24.3 Å². The van der Waals surface area contributed by atoms with Crippen LogP contribution in [0.5, 0.6) is 0 Å². The molecule has 2 N–H and O–H groups in total. The van der Waals surface area contributed by atoms with Crippen molar-refractivity contribution < 1.29 is 14.7 Å². The van der Waals surface area contributed by atoms with Crippen molar-refractivity contribution in [3.63, 3.8) is 0 Å². The Kier molecular flexibility index (Phi) is 4.04. The van der Waals surface area contributed by atoms with E-state index in [1.165, 1.54) is 4.90 Å². The molecular weight excluding hydrogens is 244 g/mol. The number of aliphatic carboxylic acids is 1. The number of carbonyl (C=O) groups is 2. The summed E-state index contributed by atoms with van der Waals surface area (Å²) in [7, 11) is 0. The van der Waals surface area contributed by atoms with Gasteiger partial charge in [-0.25, -0.2) is 9.59 Å². The fourth-order valence-electron chi connectivity index (χ4n) is 2.35. The summed E-state index contributed by atoms with van der Waals surface area (Å²) in [5.41, 5.74) is 2.15. The number of amides is 2. The number of carboxylic acid groups (broad SMARTS) is 1. The van der Waals surface area contributed by atoms with E-state index >= 15 is 0 Å². The second kappa shape index (κ2) is 5.73. The highest BCUT2D eigenvalue weighted by molar-refractivity contribution is 5.83. The molecule has 5 heteroatoms. The van der Waals surface area contributed by atoms with Crippen LogP contribution in [-0.2, 0) is 11.3 Å². The average molecular weight is 262 g/mol. The second-order valence-corrected chi connectivity index (χ2v) is 4.77. The molecule has 2 amide bonds. The third-order valence-electron chi connectivity index (χ3n) is 3.49. The fraction of sp³-hybridized carbons (Fsp3) is 0.429. The normalized spacial score (nSPS) is 18.4. The zero-order chi connectivity index (χ0) is 13.8. The van der Waals surface area contributed by atoms with Crippen molar-refractivity contribution in [3.05, 3.63) is 35.4 Å². The van der Waals surface area contributed by atoms with Crippen LogP contribution in [0, 0.1) is 6.92 Å². The second-order valence-electron chi connectivity index (χ2n) is 4.77. The number of nitrogens with zero attached hydrogens (tertiary/aromatic N) is 1. The number of aryl methyl sites for hydroxylation is 1. The van der Waals surface area contributed by atoms with Gasteiger partial charge in [-0.05, 0) is 30.9 Å². The van der Waals surface area contributed by atoms with Gasteiger partial charge in [0.2, 0.25) is 0 Å². The predicted octanol–water partition coefficient (Wildman–Crippen LogP) is 1.75. The lowest BCUT2D eigenvalue weighted by Crippen LogP contribution is -2.45. The first-order valence-electron chi connectivity index (χ1n) is 6.41. The first-order valence-corrected chi connectivity index (χ1v) is 6.41. The molecular formula is C14H18N2O3. The van der Waals surface area contributed by atoms with Gasteiger partial charge >= 0.3 is 12.0 Å². The Balaban J connectivity index is 1.95. The highest BCUT2D eigenvalue weighted by atomic mass is 16.4. The minimum atomic E-state index is -0.927. The van der Waals surface area contributed by atoms with Crippen molar-refractivity contribution in [3.8, 4) is 0 Å². The van der Waals surface area contributed by atoms with Crippen LogP contribution in [0.1, 0.15) is 24.0 Å². The van der Waals surface area contributed by atoms with E-state index in [0.717, 1.165) is 17.5 Å². The largest absolute Gasteiger partial charge is 0.480 e. The first-order chi connectivity index (χ1) is 9.09. The molecule has 1 aliphatic rings. The molecule has 0 aliphatic carbocycles. The van der Waals surface area contributed by atoms with E-state index in [1.807, 2.05) is 31.2 Å². The van der Waals surface area contributed by atoms with E-state index in [9.17, 15) is 9.59 Å². The molecule has 0 unspecified atom stereocenters. The molecule has 5 nitrogen and oxygen atoms in total. The Morgan fingerprint density at radius 1 is 1.42 bits per heavy atom. The lowest BCUT2D eigenvalue weighted by molar-refractivity contribution is -0.141. The van der Waals surface area contributed by atoms with Gasteiger partial charge in [-0.2, -0.15) is 0 Å². The van der Waals surface area contributed by atoms with Crippen LogP contribution in [0.2, 0.25) is 0 Å². The number of rotatable bonds is 3. The molecule has 0 bridgehead atoms. The number of nitrogens with one attached hydrogen (secondary N) is 1. The summed E-state index contributed by atoms with van der Waals surface area (Å²) in [6.07, 6.45) is 1.28. The molecule has 1 saturated heterocycles. The maximum absolute atomic E-state index is 12.0. The fourth-order valence-corrected chi connectivity index (χ4v) is 2.35. The quantitative estimate of drug-likeness (QED) is 0.872. The Labute approximate surface area is 112 Å². The van der Waals surface area contributed by atoms with E-state index in [-0.39, 0.29) is 6.03 Å². The van der Waals surface area contributed by atoms with Gasteiger partial charge < -0.3 is 15.3 Å². The summed E-state index contributed by atoms with van der Waals surface area (Å²) in [5, 5.41) is 11.8. The molecule has 2 rings (SSSR count). The molecule has 1 aliphatic heterocycles. The van der Waals surface area contributed by atoms with Gasteiger partial charge in [-0.15, -0.1) is 0 Å². The molecule has 102 valence electrons. The summed E-state index contributed by atoms with van der Waals surface area (Å²) in [6, 6.07) is 6.82. The highest BCUT2D eigenvalue weighted by Gasteiger charge is 2.33. The van der Waals surface area contributed by atoms with Crippen LogP contribution >= 0.6 is 0 Å². The van der Waals surface area contributed by atoms with Crippen LogP contribution in [0.15, 0.2) is 24.3 Å². The van der Waals surface area contributed by atoms with Crippen molar-refractivity contribution in [1.82, 2.24) is 10.2 Å². The zero-order valence-electron chi connectivity index (χ0n) is 10.9. The number of hydrogen-bond donors (Lipinski definition) is 2. The zero-order valence-corrected chi connectivity index (χ0v) is 10.9. The molecule has 1 fully saturated rings. The first kappa shape index (κ1) is 13.4. The van der Waals surface area contributed by atoms with Gasteiger partial charge in [0.15, 0.2) is 0 Å². The number of likely N-dealkylation sites (tertiary alicyclic amines) is 1. The third kappa shape index (κ3) is 3.05. The van der Waals surface area contributed by atoms with Crippen LogP contribution in [0.25, 0.3) is 0 Å². The minimum absolute atomic E-state index is 0.298. The van der Waals surface area contributed by atoms with E-state index in [2.05, 4.69) is 5.32 Å². The highest BCUT2D eigenvalue weighted by Crippen LogP contribution is 2.17. The predicted molar refractivity (Wildman–Crippen MR) is 70.8 cm³/mol. The molecule has 1 aromatic rings. The minimum Gasteiger partial charge on any atom is -0.480 e. The lowest BCUT2D eigenvalue weighted by atomic mass is 10.1. The smallest absolute Gasteiger partial charge is 0.326 e. The van der Waals surface area contributed by atoms with Gasteiger partial charge in [0.1, 0.15) is 6.04 Å². The van der Waals surface area contributed by atoms with Gasteiger partial charge in [0, 0.05) is 13.1 Å². The van der Waals surface area contributed by atoms with Crippen molar-refractivity contribution in [2.75, 3.05) is 6.54 Å². The number of benzene rings is 1. The SMILES string of the molecule is Cc1ccccc1CNC(=O)N1CCC[C@H]1C(=O)O. The van der Waals surface area contributed by atoms with Crippen LogP contribution in [0.3, 0.4) is 0 Å². The van der Waals surface area contributed by atoms with Crippen molar-refractivity contribution in [2.45, 2.75) is 32.4 Å². The van der Waals surface area contributed by atoms with Gasteiger partial charge in [-0.3, -0.25) is 0 Å². The molecule has 1 atom stereocenters. The van der Waals surface area contributed by atoms with E-state index in [1.54, 1.807) is 0 Å². The van der Waals surface area contributed by atoms with Crippen molar-refractivity contribution in [1.29, 1.82) is 0 Å². The Bertz CT molecular complexity index is 487. The summed E-state index contributed by atoms with van der Waals surface area (Å²) in [6.45, 7) is 2.92. The number of hydrogen-bond acceptors (Lipinski definition) is 2. The van der Waals surface area contributed by atoms with E-state index in [4.69, 9.17) is 5.11 Å². The van der Waals surface area contributed by atoms with Crippen molar-refractivity contribution in [2.24, 2.45) is 0 Å². The average Bonchev–Trinajstić information content (AvgIpc) is 2.87. The summed E-state index contributed by atoms with van der Waals surface area (Å²) >= 11 is 0. The number of carboxylic acids is 1. The topological polar surface area (TPSA) is 69.6 Å². The molecule has 0 radical (unpaired) electrons. The van der Waals surface area contributed by atoms with E-state index < -0.39 is 12.0 Å². The summed E-state index contributed by atoms with van der Waals surface area (Å²) in [4.78, 5) is 24.4. The molecule has 19 heavy (non-hydrogen) atoms. The number of urea groups is 1. The Morgan fingerprint density at radius 2 is 2.16 bits per heavy atom. The summed E-state index contributed by atoms with van der Waals surface area (Å²) in [5.74, 6) is -0.927. The standard InChI is InChI=1S/C14H18N2O3/c1-10-5-2-3-6-11(10)9-15-14(19)16-8-4-7-12(16)13(17)18/h2-3,5-6,12H,4,7-9H2,1H3,(H,15,19)(H,17,18)/t12-/m0/s1. The maximum atomic E-state index is 12.0. The van der Waals surface area contributed by atoms with Gasteiger partial charge in [0.25, 0.3) is 0 Å². The van der Waals surface area contributed by atoms with Crippen molar-refractivity contribution >= 4 is 12.0 Å². The maximum Gasteiger partial charge on any atom is 0.326 e. The van der Waals surface area contributed by atoms with E-state index in [0.29, 0.717) is 19.5 Å². The Hall–Kier alpha value is -2.04. The number of carbonyl (C=O) groups excluding carboxylic acids is 1. The molecule has 0 spiro atoms. The third-order valence-corrected chi connectivity index (χ3v) is 3.49. The van der Waals surface area contributed by atoms with Crippen LogP contribution in [-0.4, -0.2) is 34.6 Å². The molecule has 0 saturated carbocycles. The molecule has 0 aromatic heterocycles. The Morgan fingerprint density at radius 3 is 2.84 bits per heavy atom. The lowest BCUT2D eigenvalue weighted by Gasteiger charge is -2.22.